The van der Waals surface area contributed by atoms with E-state index in [0.717, 1.165) is 50.3 Å². The van der Waals surface area contributed by atoms with E-state index in [1.807, 2.05) is 18.3 Å². The molecule has 0 atom stereocenters. The molecule has 0 aliphatic carbocycles. The van der Waals surface area contributed by atoms with Gasteiger partial charge < -0.3 is 0 Å². The Bertz CT molecular complexity index is 2500. The van der Waals surface area contributed by atoms with Crippen LogP contribution in [0.3, 0.4) is 0 Å². The molecular weight excluding hydrogens is 558 g/mol. The van der Waals surface area contributed by atoms with E-state index in [0.29, 0.717) is 5.82 Å². The largest absolute Gasteiger partial charge is 0.264 e. The SMILES string of the molecule is c1ccc(-c2cccc(-c3nc(-c4ccccc4-c4cccnc4)cc(-c4ccc5ccc6cccc7ccc4c5c67)n3)c2)cc1. The predicted octanol–water partition coefficient (Wildman–Crippen LogP) is 11.1. The van der Waals surface area contributed by atoms with Crippen molar-refractivity contribution >= 4 is 32.3 Å². The summed E-state index contributed by atoms with van der Waals surface area (Å²) in [5, 5.41) is 7.49. The van der Waals surface area contributed by atoms with Gasteiger partial charge in [0, 0.05) is 34.6 Å². The lowest BCUT2D eigenvalue weighted by Crippen LogP contribution is -1.98. The van der Waals surface area contributed by atoms with Crippen LogP contribution in [-0.2, 0) is 0 Å². The van der Waals surface area contributed by atoms with E-state index in [-0.39, 0.29) is 0 Å². The molecule has 0 aliphatic heterocycles. The van der Waals surface area contributed by atoms with Crippen molar-refractivity contribution in [3.8, 4) is 56.2 Å². The van der Waals surface area contributed by atoms with Gasteiger partial charge in [0.15, 0.2) is 5.82 Å². The van der Waals surface area contributed by atoms with Crippen molar-refractivity contribution < 1.29 is 0 Å². The van der Waals surface area contributed by atoms with Crippen LogP contribution in [0.25, 0.3) is 88.5 Å². The summed E-state index contributed by atoms with van der Waals surface area (Å²) >= 11 is 0. The summed E-state index contributed by atoms with van der Waals surface area (Å²) in [6.45, 7) is 0. The normalized spacial score (nSPS) is 11.5. The maximum Gasteiger partial charge on any atom is 0.160 e. The Morgan fingerprint density at radius 3 is 1.80 bits per heavy atom. The minimum Gasteiger partial charge on any atom is -0.264 e. The Morgan fingerprint density at radius 2 is 1.00 bits per heavy atom. The Kier molecular flexibility index (Phi) is 6.14. The summed E-state index contributed by atoms with van der Waals surface area (Å²) in [6.07, 6.45) is 3.72. The van der Waals surface area contributed by atoms with Crippen molar-refractivity contribution in [2.24, 2.45) is 0 Å². The number of nitrogens with zero attached hydrogens (tertiary/aromatic N) is 3. The first kappa shape index (κ1) is 26.2. The second-order valence-electron chi connectivity index (χ2n) is 11.7. The highest BCUT2D eigenvalue weighted by molar-refractivity contribution is 6.25. The summed E-state index contributed by atoms with van der Waals surface area (Å²) in [5.41, 5.74) is 9.29. The molecule has 2 heterocycles. The summed E-state index contributed by atoms with van der Waals surface area (Å²) in [5.74, 6) is 0.692. The molecule has 7 aromatic carbocycles. The third-order valence-corrected chi connectivity index (χ3v) is 8.93. The maximum absolute atomic E-state index is 5.30. The number of aromatic nitrogens is 3. The highest BCUT2D eigenvalue weighted by Gasteiger charge is 2.17. The van der Waals surface area contributed by atoms with E-state index in [1.54, 1.807) is 6.20 Å². The van der Waals surface area contributed by atoms with Crippen LogP contribution in [0, 0.1) is 0 Å². The van der Waals surface area contributed by atoms with Crippen molar-refractivity contribution in [1.29, 1.82) is 0 Å². The van der Waals surface area contributed by atoms with Crippen LogP contribution >= 0.6 is 0 Å². The van der Waals surface area contributed by atoms with Crippen LogP contribution in [0.2, 0.25) is 0 Å². The molecule has 0 spiro atoms. The molecule has 9 aromatic rings. The molecule has 0 bridgehead atoms. The first-order chi connectivity index (χ1) is 22.8. The zero-order valence-electron chi connectivity index (χ0n) is 24.9. The van der Waals surface area contributed by atoms with Gasteiger partial charge in [-0.25, -0.2) is 9.97 Å². The lowest BCUT2D eigenvalue weighted by atomic mass is 9.90. The smallest absolute Gasteiger partial charge is 0.160 e. The van der Waals surface area contributed by atoms with Gasteiger partial charge in [-0.1, -0.05) is 133 Å². The van der Waals surface area contributed by atoms with Crippen LogP contribution < -0.4 is 0 Å². The number of pyridine rings is 1. The zero-order chi connectivity index (χ0) is 30.5. The van der Waals surface area contributed by atoms with Gasteiger partial charge >= 0.3 is 0 Å². The molecule has 0 saturated heterocycles. The van der Waals surface area contributed by atoms with Gasteiger partial charge in [0.2, 0.25) is 0 Å². The first-order valence-electron chi connectivity index (χ1n) is 15.5. The second-order valence-corrected chi connectivity index (χ2v) is 11.7. The van der Waals surface area contributed by atoms with Crippen molar-refractivity contribution in [2.45, 2.75) is 0 Å². The molecule has 0 amide bonds. The minimum absolute atomic E-state index is 0.692. The molecule has 46 heavy (non-hydrogen) atoms. The maximum atomic E-state index is 5.30. The van der Waals surface area contributed by atoms with Gasteiger partial charge in [0.05, 0.1) is 11.4 Å². The monoisotopic (exact) mass is 585 g/mol. The highest BCUT2D eigenvalue weighted by atomic mass is 14.9. The third-order valence-electron chi connectivity index (χ3n) is 8.93. The fourth-order valence-electron chi connectivity index (χ4n) is 6.76. The second kappa shape index (κ2) is 10.8. The van der Waals surface area contributed by atoms with E-state index < -0.39 is 0 Å². The first-order valence-corrected chi connectivity index (χ1v) is 15.5. The van der Waals surface area contributed by atoms with Gasteiger partial charge in [-0.05, 0) is 67.2 Å². The average Bonchev–Trinajstić information content (AvgIpc) is 3.14. The lowest BCUT2D eigenvalue weighted by Gasteiger charge is -2.16. The highest BCUT2D eigenvalue weighted by Crippen LogP contribution is 2.41. The van der Waals surface area contributed by atoms with Gasteiger partial charge in [0.1, 0.15) is 0 Å². The van der Waals surface area contributed by atoms with Crippen LogP contribution in [0.15, 0.2) is 164 Å². The standard InChI is InChI=1S/C43H27N3/c1-2-9-28(10-3-1)32-13-7-14-33(25-32)43-45-39(36-17-5-4-16-35(36)34-15-8-24-44-27-34)26-40(46-43)37-22-20-31-19-18-29-11-6-12-30-21-23-38(37)42(31)41(29)30/h1-27H. The zero-order valence-corrected chi connectivity index (χ0v) is 24.9. The number of benzene rings is 7. The Balaban J connectivity index is 1.31. The van der Waals surface area contributed by atoms with Crippen LogP contribution in [0.5, 0.6) is 0 Å². The lowest BCUT2D eigenvalue weighted by molar-refractivity contribution is 1.18. The van der Waals surface area contributed by atoms with E-state index in [4.69, 9.17) is 9.97 Å². The Morgan fingerprint density at radius 1 is 0.370 bits per heavy atom. The van der Waals surface area contributed by atoms with E-state index in [1.165, 1.54) is 32.3 Å². The van der Waals surface area contributed by atoms with Crippen LogP contribution in [0.1, 0.15) is 0 Å². The third kappa shape index (κ3) is 4.41. The molecule has 9 rings (SSSR count). The molecule has 2 aromatic heterocycles. The Labute approximate surface area is 266 Å². The van der Waals surface area contributed by atoms with E-state index in [2.05, 4.69) is 145 Å². The van der Waals surface area contributed by atoms with Crippen molar-refractivity contribution in [3.05, 3.63) is 164 Å². The Hall–Kier alpha value is -6.19. The molecule has 0 fully saturated rings. The summed E-state index contributed by atoms with van der Waals surface area (Å²) in [7, 11) is 0. The predicted molar refractivity (Wildman–Crippen MR) is 191 cm³/mol. The topological polar surface area (TPSA) is 38.7 Å². The van der Waals surface area contributed by atoms with Gasteiger partial charge in [-0.2, -0.15) is 0 Å². The van der Waals surface area contributed by atoms with Gasteiger partial charge in [0.25, 0.3) is 0 Å². The van der Waals surface area contributed by atoms with E-state index >= 15 is 0 Å². The molecular formula is C43H27N3. The fourth-order valence-corrected chi connectivity index (χ4v) is 6.76. The summed E-state index contributed by atoms with van der Waals surface area (Å²) < 4.78 is 0. The molecule has 0 radical (unpaired) electrons. The van der Waals surface area contributed by atoms with Crippen molar-refractivity contribution in [2.75, 3.05) is 0 Å². The quantitative estimate of drug-likeness (QED) is 0.189. The molecule has 0 unspecified atom stereocenters. The van der Waals surface area contributed by atoms with Crippen LogP contribution in [0.4, 0.5) is 0 Å². The molecule has 3 heteroatoms. The van der Waals surface area contributed by atoms with Crippen LogP contribution in [-0.4, -0.2) is 15.0 Å². The number of rotatable bonds is 5. The molecule has 3 nitrogen and oxygen atoms in total. The van der Waals surface area contributed by atoms with Gasteiger partial charge in [-0.15, -0.1) is 0 Å². The van der Waals surface area contributed by atoms with Crippen molar-refractivity contribution in [3.63, 3.8) is 0 Å². The number of hydrogen-bond donors (Lipinski definition) is 0. The molecule has 0 aliphatic rings. The minimum atomic E-state index is 0.692. The number of hydrogen-bond acceptors (Lipinski definition) is 3. The molecule has 214 valence electrons. The fraction of sp³-hybridized carbons (Fsp3) is 0. The summed E-state index contributed by atoms with van der Waals surface area (Å²) in [4.78, 5) is 15.0. The van der Waals surface area contributed by atoms with Crippen molar-refractivity contribution in [1.82, 2.24) is 15.0 Å². The van der Waals surface area contributed by atoms with Gasteiger partial charge in [-0.3, -0.25) is 4.98 Å². The molecule has 0 N–H and O–H groups in total. The summed E-state index contributed by atoms with van der Waals surface area (Å²) in [6, 6.07) is 53.5. The van der Waals surface area contributed by atoms with E-state index in [9.17, 15) is 0 Å². The molecule has 0 saturated carbocycles. The average molecular weight is 586 g/mol.